The van der Waals surface area contributed by atoms with Gasteiger partial charge in [-0.15, -0.1) is 0 Å². The van der Waals surface area contributed by atoms with Crippen LogP contribution < -0.4 is 5.73 Å². The van der Waals surface area contributed by atoms with Gasteiger partial charge >= 0.3 is 0 Å². The summed E-state index contributed by atoms with van der Waals surface area (Å²) in [5, 5.41) is 0.778. The Bertz CT molecular complexity index is 506. The van der Waals surface area contributed by atoms with E-state index in [0.717, 1.165) is 21.7 Å². The third-order valence-corrected chi connectivity index (χ3v) is 3.16. The highest BCUT2D eigenvalue weighted by Crippen LogP contribution is 2.31. The normalized spacial score (nSPS) is 10.4. The Morgan fingerprint density at radius 2 is 1.69 bits per heavy atom. The zero-order chi connectivity index (χ0) is 11.5. The number of hydrogen-bond acceptors (Lipinski definition) is 1. The molecule has 0 aliphatic rings. The van der Waals surface area contributed by atoms with Gasteiger partial charge in [-0.1, -0.05) is 48.0 Å². The van der Waals surface area contributed by atoms with Gasteiger partial charge in [0.25, 0.3) is 0 Å². The molecule has 0 atom stereocenters. The van der Waals surface area contributed by atoms with Crippen molar-refractivity contribution in [2.24, 2.45) is 5.73 Å². The molecule has 0 spiro atoms. The molecule has 0 saturated heterocycles. The SMILES string of the molecule is Cc1c(CN)cccc1-c1ccccc1Cl. The number of nitrogens with two attached hydrogens (primary N) is 1. The van der Waals surface area contributed by atoms with Crippen LogP contribution in [0, 0.1) is 6.92 Å². The smallest absolute Gasteiger partial charge is 0.0484 e. The molecule has 0 heterocycles. The van der Waals surface area contributed by atoms with Gasteiger partial charge < -0.3 is 5.73 Å². The summed E-state index contributed by atoms with van der Waals surface area (Å²) >= 11 is 6.20. The molecule has 0 bridgehead atoms. The lowest BCUT2D eigenvalue weighted by atomic mass is 9.96. The minimum absolute atomic E-state index is 0.560. The maximum atomic E-state index is 6.20. The molecule has 0 unspecified atom stereocenters. The van der Waals surface area contributed by atoms with Crippen LogP contribution >= 0.6 is 11.6 Å². The molecule has 2 aromatic rings. The molecule has 2 N–H and O–H groups in total. The highest BCUT2D eigenvalue weighted by molar-refractivity contribution is 6.33. The van der Waals surface area contributed by atoms with E-state index in [-0.39, 0.29) is 0 Å². The largest absolute Gasteiger partial charge is 0.326 e. The van der Waals surface area contributed by atoms with Gasteiger partial charge in [0.2, 0.25) is 0 Å². The van der Waals surface area contributed by atoms with Crippen LogP contribution in [0.1, 0.15) is 11.1 Å². The summed E-state index contributed by atoms with van der Waals surface area (Å²) in [4.78, 5) is 0. The fraction of sp³-hybridized carbons (Fsp3) is 0.143. The molecule has 2 heteroatoms. The van der Waals surface area contributed by atoms with Crippen molar-refractivity contribution in [1.82, 2.24) is 0 Å². The van der Waals surface area contributed by atoms with Gasteiger partial charge in [0.15, 0.2) is 0 Å². The quantitative estimate of drug-likeness (QED) is 0.837. The van der Waals surface area contributed by atoms with Crippen LogP contribution in [0.4, 0.5) is 0 Å². The van der Waals surface area contributed by atoms with Crippen molar-refractivity contribution < 1.29 is 0 Å². The van der Waals surface area contributed by atoms with Crippen molar-refractivity contribution in [3.8, 4) is 11.1 Å². The average Bonchev–Trinajstić information content (AvgIpc) is 2.31. The van der Waals surface area contributed by atoms with Crippen molar-refractivity contribution in [3.63, 3.8) is 0 Å². The maximum absolute atomic E-state index is 6.20. The van der Waals surface area contributed by atoms with Gasteiger partial charge in [-0.25, -0.2) is 0 Å². The number of benzene rings is 2. The van der Waals surface area contributed by atoms with E-state index in [1.165, 1.54) is 5.56 Å². The number of halogens is 1. The Kier molecular flexibility index (Phi) is 3.28. The van der Waals surface area contributed by atoms with Crippen LogP contribution in [0.25, 0.3) is 11.1 Å². The van der Waals surface area contributed by atoms with Crippen molar-refractivity contribution >= 4 is 11.6 Å². The molecule has 2 rings (SSSR count). The van der Waals surface area contributed by atoms with E-state index in [4.69, 9.17) is 17.3 Å². The zero-order valence-electron chi connectivity index (χ0n) is 9.20. The van der Waals surface area contributed by atoms with Crippen LogP contribution in [0.2, 0.25) is 5.02 Å². The van der Waals surface area contributed by atoms with Gasteiger partial charge in [0.05, 0.1) is 0 Å². The average molecular weight is 232 g/mol. The number of rotatable bonds is 2. The van der Waals surface area contributed by atoms with Crippen molar-refractivity contribution in [2.75, 3.05) is 0 Å². The molecule has 16 heavy (non-hydrogen) atoms. The van der Waals surface area contributed by atoms with Crippen molar-refractivity contribution in [1.29, 1.82) is 0 Å². The highest BCUT2D eigenvalue weighted by atomic mass is 35.5. The number of hydrogen-bond donors (Lipinski definition) is 1. The Labute approximate surface area is 101 Å². The first-order chi connectivity index (χ1) is 7.74. The van der Waals surface area contributed by atoms with Crippen LogP contribution in [-0.2, 0) is 6.54 Å². The summed E-state index contributed by atoms with van der Waals surface area (Å²) in [6.45, 7) is 2.64. The summed E-state index contributed by atoms with van der Waals surface area (Å²) in [6, 6.07) is 14.0. The summed E-state index contributed by atoms with van der Waals surface area (Å²) < 4.78 is 0. The Hall–Kier alpha value is -1.31. The minimum Gasteiger partial charge on any atom is -0.326 e. The van der Waals surface area contributed by atoms with E-state index in [9.17, 15) is 0 Å². The fourth-order valence-corrected chi connectivity index (χ4v) is 2.11. The lowest BCUT2D eigenvalue weighted by Crippen LogP contribution is -2.00. The second kappa shape index (κ2) is 4.69. The van der Waals surface area contributed by atoms with Crippen molar-refractivity contribution in [2.45, 2.75) is 13.5 Å². The first-order valence-corrected chi connectivity index (χ1v) is 5.65. The molecule has 0 fully saturated rings. The lowest BCUT2D eigenvalue weighted by Gasteiger charge is -2.11. The summed E-state index contributed by atoms with van der Waals surface area (Å²) in [6.07, 6.45) is 0. The fourth-order valence-electron chi connectivity index (χ4n) is 1.88. The Morgan fingerprint density at radius 3 is 2.38 bits per heavy atom. The van der Waals surface area contributed by atoms with Gasteiger partial charge in [-0.3, -0.25) is 0 Å². The highest BCUT2D eigenvalue weighted by Gasteiger charge is 2.07. The molecule has 82 valence electrons. The van der Waals surface area contributed by atoms with Crippen LogP contribution in [0.5, 0.6) is 0 Å². The predicted molar refractivity (Wildman–Crippen MR) is 69.5 cm³/mol. The van der Waals surface area contributed by atoms with Crippen molar-refractivity contribution in [3.05, 3.63) is 58.6 Å². The Balaban J connectivity index is 2.61. The zero-order valence-corrected chi connectivity index (χ0v) is 9.96. The molecule has 0 aliphatic carbocycles. The maximum Gasteiger partial charge on any atom is 0.0484 e. The summed E-state index contributed by atoms with van der Waals surface area (Å²) in [7, 11) is 0. The Morgan fingerprint density at radius 1 is 1.00 bits per heavy atom. The molecular weight excluding hydrogens is 218 g/mol. The van der Waals surface area contributed by atoms with E-state index < -0.39 is 0 Å². The van der Waals surface area contributed by atoms with E-state index in [2.05, 4.69) is 19.1 Å². The predicted octanol–water partition coefficient (Wildman–Crippen LogP) is 3.77. The molecule has 2 aromatic carbocycles. The molecule has 0 aliphatic heterocycles. The van der Waals surface area contributed by atoms with Crippen LogP contribution in [0.3, 0.4) is 0 Å². The summed E-state index contributed by atoms with van der Waals surface area (Å²) in [5.41, 5.74) is 10.3. The van der Waals surface area contributed by atoms with E-state index in [0.29, 0.717) is 6.54 Å². The molecule has 0 amide bonds. The van der Waals surface area contributed by atoms with E-state index in [1.807, 2.05) is 30.3 Å². The van der Waals surface area contributed by atoms with E-state index in [1.54, 1.807) is 0 Å². The van der Waals surface area contributed by atoms with Crippen LogP contribution in [-0.4, -0.2) is 0 Å². The molecule has 0 radical (unpaired) electrons. The molecule has 0 saturated carbocycles. The second-order valence-electron chi connectivity index (χ2n) is 3.77. The third-order valence-electron chi connectivity index (χ3n) is 2.83. The molecule has 0 aromatic heterocycles. The third kappa shape index (κ3) is 1.97. The van der Waals surface area contributed by atoms with Gasteiger partial charge in [0, 0.05) is 17.1 Å². The van der Waals surface area contributed by atoms with Gasteiger partial charge in [-0.05, 0) is 29.7 Å². The summed E-state index contributed by atoms with van der Waals surface area (Å²) in [5.74, 6) is 0. The lowest BCUT2D eigenvalue weighted by molar-refractivity contribution is 1.05. The standard InChI is InChI=1S/C14H14ClN/c1-10-11(9-16)5-4-7-12(10)13-6-2-3-8-14(13)15/h2-8H,9,16H2,1H3. The van der Waals surface area contributed by atoms with Crippen LogP contribution in [0.15, 0.2) is 42.5 Å². The minimum atomic E-state index is 0.560. The first kappa shape index (κ1) is 11.2. The molecular formula is C14H14ClN. The second-order valence-corrected chi connectivity index (χ2v) is 4.18. The topological polar surface area (TPSA) is 26.0 Å². The van der Waals surface area contributed by atoms with Gasteiger partial charge in [0.1, 0.15) is 0 Å². The van der Waals surface area contributed by atoms with Gasteiger partial charge in [-0.2, -0.15) is 0 Å². The first-order valence-electron chi connectivity index (χ1n) is 5.27. The molecule has 1 nitrogen and oxygen atoms in total. The van der Waals surface area contributed by atoms with E-state index >= 15 is 0 Å². The monoisotopic (exact) mass is 231 g/mol.